The topological polar surface area (TPSA) is 59.6 Å². The molecule has 1 aliphatic heterocycles. The van der Waals surface area contributed by atoms with Crippen molar-refractivity contribution in [1.82, 2.24) is 5.48 Å². The van der Waals surface area contributed by atoms with Crippen LogP contribution in [0.2, 0.25) is 0 Å². The molecule has 2 rings (SSSR count). The molecular formula is C11H21N3O. The van der Waals surface area contributed by atoms with Crippen LogP contribution in [0.3, 0.4) is 0 Å². The first-order valence-corrected chi connectivity index (χ1v) is 5.67. The molecule has 0 saturated heterocycles. The molecule has 1 fully saturated rings. The van der Waals surface area contributed by atoms with Gasteiger partial charge in [-0.3, -0.25) is 10.3 Å². The van der Waals surface area contributed by atoms with Crippen molar-refractivity contribution in [3.05, 3.63) is 0 Å². The van der Waals surface area contributed by atoms with Gasteiger partial charge in [0.15, 0.2) is 6.73 Å². The van der Waals surface area contributed by atoms with E-state index in [0.717, 1.165) is 18.8 Å². The number of nitrogens with two attached hydrogens (primary N) is 1. The summed E-state index contributed by atoms with van der Waals surface area (Å²) in [7, 11) is 0. The summed E-state index contributed by atoms with van der Waals surface area (Å²) in [6.45, 7) is 5.84. The SMILES string of the molecule is CC1(C)CC[C@@](CN)(CC2=NCON2)C1. The largest absolute Gasteiger partial charge is 0.330 e. The highest BCUT2D eigenvalue weighted by Gasteiger charge is 2.43. The molecule has 4 nitrogen and oxygen atoms in total. The van der Waals surface area contributed by atoms with Gasteiger partial charge in [0.05, 0.1) is 0 Å². The maximum absolute atomic E-state index is 5.94. The van der Waals surface area contributed by atoms with E-state index < -0.39 is 0 Å². The zero-order chi connectivity index (χ0) is 10.9. The summed E-state index contributed by atoms with van der Waals surface area (Å²) >= 11 is 0. The first-order chi connectivity index (χ1) is 7.05. The fourth-order valence-electron chi connectivity index (χ4n) is 2.90. The van der Waals surface area contributed by atoms with E-state index in [0.29, 0.717) is 12.1 Å². The maximum Gasteiger partial charge on any atom is 0.166 e. The van der Waals surface area contributed by atoms with Crippen LogP contribution >= 0.6 is 0 Å². The van der Waals surface area contributed by atoms with Gasteiger partial charge in [0.1, 0.15) is 5.84 Å². The predicted octanol–water partition coefficient (Wildman–Crippen LogP) is 1.42. The Balaban J connectivity index is 2.03. The summed E-state index contributed by atoms with van der Waals surface area (Å²) < 4.78 is 0. The Labute approximate surface area is 91.2 Å². The molecule has 1 heterocycles. The molecule has 3 N–H and O–H groups in total. The summed E-state index contributed by atoms with van der Waals surface area (Å²) in [5.41, 5.74) is 9.48. The molecule has 0 radical (unpaired) electrons. The molecule has 1 saturated carbocycles. The van der Waals surface area contributed by atoms with Crippen LogP contribution in [0.5, 0.6) is 0 Å². The van der Waals surface area contributed by atoms with Gasteiger partial charge in [-0.15, -0.1) is 0 Å². The average Bonchev–Trinajstić information content (AvgIpc) is 2.75. The quantitative estimate of drug-likeness (QED) is 0.742. The van der Waals surface area contributed by atoms with Crippen molar-refractivity contribution in [2.24, 2.45) is 21.6 Å². The van der Waals surface area contributed by atoms with E-state index in [1.807, 2.05) is 0 Å². The minimum Gasteiger partial charge on any atom is -0.330 e. The van der Waals surface area contributed by atoms with E-state index in [2.05, 4.69) is 24.3 Å². The zero-order valence-electron chi connectivity index (χ0n) is 9.68. The lowest BCUT2D eigenvalue weighted by Crippen LogP contribution is -2.34. The summed E-state index contributed by atoms with van der Waals surface area (Å²) in [6, 6.07) is 0. The van der Waals surface area contributed by atoms with Crippen molar-refractivity contribution < 1.29 is 4.84 Å². The molecule has 0 unspecified atom stereocenters. The molecule has 0 bridgehead atoms. The fraction of sp³-hybridized carbons (Fsp3) is 0.909. The Morgan fingerprint density at radius 1 is 1.47 bits per heavy atom. The molecule has 0 spiro atoms. The second-order valence-corrected chi connectivity index (χ2v) is 5.70. The van der Waals surface area contributed by atoms with Crippen LogP contribution in [0.15, 0.2) is 4.99 Å². The van der Waals surface area contributed by atoms with Crippen molar-refractivity contribution in [2.75, 3.05) is 13.3 Å². The Bertz CT molecular complexity index is 275. The van der Waals surface area contributed by atoms with E-state index in [9.17, 15) is 0 Å². The van der Waals surface area contributed by atoms with Crippen molar-refractivity contribution in [3.63, 3.8) is 0 Å². The lowest BCUT2D eigenvalue weighted by molar-refractivity contribution is 0.112. The standard InChI is InChI=1S/C11H21N3O/c1-10(2)3-4-11(6-10,7-12)5-9-13-8-15-14-9/h3-8,12H2,1-2H3,(H,13,14)/t11-/m1/s1. The lowest BCUT2D eigenvalue weighted by atomic mass is 9.79. The highest BCUT2D eigenvalue weighted by molar-refractivity contribution is 5.82. The van der Waals surface area contributed by atoms with Crippen LogP contribution in [-0.2, 0) is 4.84 Å². The van der Waals surface area contributed by atoms with Gasteiger partial charge in [0, 0.05) is 6.42 Å². The number of rotatable bonds is 3. The zero-order valence-corrected chi connectivity index (χ0v) is 9.68. The van der Waals surface area contributed by atoms with E-state index in [4.69, 9.17) is 10.6 Å². The molecule has 15 heavy (non-hydrogen) atoms. The number of aliphatic imine (C=N–C) groups is 1. The third-order valence-electron chi connectivity index (χ3n) is 3.67. The predicted molar refractivity (Wildman–Crippen MR) is 60.3 cm³/mol. The monoisotopic (exact) mass is 211 g/mol. The normalized spacial score (nSPS) is 33.9. The second kappa shape index (κ2) is 3.76. The third-order valence-corrected chi connectivity index (χ3v) is 3.67. The summed E-state index contributed by atoms with van der Waals surface area (Å²) in [5.74, 6) is 0.971. The smallest absolute Gasteiger partial charge is 0.166 e. The molecule has 4 heteroatoms. The first kappa shape index (κ1) is 10.9. The fourth-order valence-corrected chi connectivity index (χ4v) is 2.90. The van der Waals surface area contributed by atoms with Gasteiger partial charge in [0.25, 0.3) is 0 Å². The van der Waals surface area contributed by atoms with Crippen LogP contribution in [0.4, 0.5) is 0 Å². The minimum absolute atomic E-state index is 0.239. The Morgan fingerprint density at radius 3 is 2.73 bits per heavy atom. The van der Waals surface area contributed by atoms with Gasteiger partial charge in [-0.2, -0.15) is 0 Å². The Kier molecular flexibility index (Phi) is 2.73. The molecule has 0 aromatic heterocycles. The number of hydrogen-bond acceptors (Lipinski definition) is 4. The number of hydroxylamine groups is 1. The molecule has 1 aliphatic carbocycles. The van der Waals surface area contributed by atoms with Crippen molar-refractivity contribution in [2.45, 2.75) is 39.5 Å². The summed E-state index contributed by atoms with van der Waals surface area (Å²) in [4.78, 5) is 9.28. The van der Waals surface area contributed by atoms with E-state index in [1.165, 1.54) is 19.3 Å². The van der Waals surface area contributed by atoms with Gasteiger partial charge >= 0.3 is 0 Å². The van der Waals surface area contributed by atoms with Crippen molar-refractivity contribution in [3.8, 4) is 0 Å². The average molecular weight is 211 g/mol. The molecule has 0 aromatic carbocycles. The minimum atomic E-state index is 0.239. The van der Waals surface area contributed by atoms with Gasteiger partial charge in [-0.1, -0.05) is 13.8 Å². The summed E-state index contributed by atoms with van der Waals surface area (Å²) in [5, 5.41) is 0. The second-order valence-electron chi connectivity index (χ2n) is 5.70. The van der Waals surface area contributed by atoms with E-state index in [-0.39, 0.29) is 5.41 Å². The Hall–Kier alpha value is -0.610. The molecule has 86 valence electrons. The number of amidine groups is 1. The maximum atomic E-state index is 5.94. The number of hydrogen-bond donors (Lipinski definition) is 2. The van der Waals surface area contributed by atoms with E-state index >= 15 is 0 Å². The van der Waals surface area contributed by atoms with Crippen LogP contribution in [-0.4, -0.2) is 19.1 Å². The van der Waals surface area contributed by atoms with Gasteiger partial charge in [-0.05, 0) is 36.6 Å². The van der Waals surface area contributed by atoms with Gasteiger partial charge in [-0.25, -0.2) is 4.99 Å². The molecule has 0 amide bonds. The third kappa shape index (κ3) is 2.32. The molecule has 2 aliphatic rings. The van der Waals surface area contributed by atoms with Gasteiger partial charge in [0.2, 0.25) is 0 Å². The number of nitrogens with one attached hydrogen (secondary N) is 1. The molecular weight excluding hydrogens is 190 g/mol. The highest BCUT2D eigenvalue weighted by Crippen LogP contribution is 2.50. The van der Waals surface area contributed by atoms with E-state index in [1.54, 1.807) is 0 Å². The first-order valence-electron chi connectivity index (χ1n) is 5.67. The van der Waals surface area contributed by atoms with Crippen LogP contribution in [0, 0.1) is 10.8 Å². The number of nitrogens with zero attached hydrogens (tertiary/aromatic N) is 1. The van der Waals surface area contributed by atoms with Crippen LogP contribution in [0.25, 0.3) is 0 Å². The lowest BCUT2D eigenvalue weighted by Gasteiger charge is -2.29. The molecule has 1 atom stereocenters. The molecule has 0 aromatic rings. The summed E-state index contributed by atoms with van der Waals surface area (Å²) in [6.07, 6.45) is 4.60. The van der Waals surface area contributed by atoms with Gasteiger partial charge < -0.3 is 5.73 Å². The van der Waals surface area contributed by atoms with Crippen molar-refractivity contribution >= 4 is 5.84 Å². The van der Waals surface area contributed by atoms with Crippen LogP contribution < -0.4 is 11.2 Å². The van der Waals surface area contributed by atoms with Crippen LogP contribution in [0.1, 0.15) is 39.5 Å². The highest BCUT2D eigenvalue weighted by atomic mass is 16.7. The van der Waals surface area contributed by atoms with Crippen molar-refractivity contribution in [1.29, 1.82) is 0 Å². The Morgan fingerprint density at radius 2 is 2.27 bits per heavy atom.